The number of hydrogen-bond acceptors (Lipinski definition) is 3. The largest absolute Gasteiger partial charge is 0.417 e. The zero-order valence-corrected chi connectivity index (χ0v) is 15.6. The number of nitrogens with one attached hydrogen (secondary N) is 1. The van der Waals surface area contributed by atoms with Gasteiger partial charge in [0.15, 0.2) is 0 Å². The lowest BCUT2D eigenvalue weighted by Gasteiger charge is -2.17. The van der Waals surface area contributed by atoms with Gasteiger partial charge in [-0.15, -0.1) is 0 Å². The maximum Gasteiger partial charge on any atom is 0.417 e. The summed E-state index contributed by atoms with van der Waals surface area (Å²) in [7, 11) is 1.39. The summed E-state index contributed by atoms with van der Waals surface area (Å²) >= 11 is 8.72. The summed E-state index contributed by atoms with van der Waals surface area (Å²) in [5.41, 5.74) is -0.862. The number of anilines is 1. The summed E-state index contributed by atoms with van der Waals surface area (Å²) in [6.07, 6.45) is -1.79. The van der Waals surface area contributed by atoms with Crippen LogP contribution in [0.2, 0.25) is 5.02 Å². The molecule has 1 aromatic heterocycles. The van der Waals surface area contributed by atoms with E-state index in [0.717, 1.165) is 17.0 Å². The molecule has 0 aliphatic rings. The van der Waals surface area contributed by atoms with E-state index in [9.17, 15) is 22.8 Å². The number of amides is 2. The van der Waals surface area contributed by atoms with Gasteiger partial charge in [-0.1, -0.05) is 11.6 Å². The van der Waals surface area contributed by atoms with Crippen LogP contribution in [-0.4, -0.2) is 35.3 Å². The van der Waals surface area contributed by atoms with Crippen molar-refractivity contribution in [3.63, 3.8) is 0 Å². The molecule has 0 saturated heterocycles. The van der Waals surface area contributed by atoms with Crippen molar-refractivity contribution < 1.29 is 22.8 Å². The number of likely N-dealkylation sites (N-methyl/N-ethyl adjacent to an activating group) is 1. The Bertz CT molecular complexity index is 846. The Morgan fingerprint density at radius 2 is 1.96 bits per heavy atom. The van der Waals surface area contributed by atoms with E-state index in [1.165, 1.54) is 25.5 Å². The van der Waals surface area contributed by atoms with Gasteiger partial charge in [-0.3, -0.25) is 14.6 Å². The minimum atomic E-state index is -4.64. The van der Waals surface area contributed by atoms with E-state index in [0.29, 0.717) is 4.47 Å². The number of benzene rings is 1. The minimum absolute atomic E-state index is 0.0725. The molecular formula is C16H12BrClF3N3O2. The van der Waals surface area contributed by atoms with Crippen LogP contribution in [0.4, 0.5) is 18.9 Å². The highest BCUT2D eigenvalue weighted by Crippen LogP contribution is 2.36. The second-order valence-electron chi connectivity index (χ2n) is 5.29. The molecule has 1 N–H and O–H groups in total. The van der Waals surface area contributed by atoms with Gasteiger partial charge < -0.3 is 10.2 Å². The first kappa shape index (κ1) is 20.2. The molecule has 2 amide bonds. The van der Waals surface area contributed by atoms with Crippen molar-refractivity contribution in [2.75, 3.05) is 18.9 Å². The topological polar surface area (TPSA) is 62.3 Å². The number of aromatic nitrogens is 1. The average molecular weight is 451 g/mol. The number of nitrogens with zero attached hydrogens (tertiary/aromatic N) is 2. The van der Waals surface area contributed by atoms with E-state index in [2.05, 4.69) is 26.2 Å². The first-order valence-corrected chi connectivity index (χ1v) is 8.27. The first-order chi connectivity index (χ1) is 12.1. The SMILES string of the molecule is CN(CC(=O)Nc1ccc(Cl)c(C(F)(F)F)c1)C(=O)c1cncc(Br)c1. The van der Waals surface area contributed by atoms with E-state index in [-0.39, 0.29) is 17.8 Å². The maximum atomic E-state index is 12.8. The van der Waals surface area contributed by atoms with Gasteiger partial charge in [0.05, 0.1) is 22.7 Å². The average Bonchev–Trinajstić information content (AvgIpc) is 2.54. The smallest absolute Gasteiger partial charge is 0.332 e. The van der Waals surface area contributed by atoms with E-state index < -0.39 is 28.6 Å². The minimum Gasteiger partial charge on any atom is -0.332 e. The number of alkyl halides is 3. The predicted octanol–water partition coefficient (Wildman–Crippen LogP) is 4.23. The van der Waals surface area contributed by atoms with Gasteiger partial charge in [-0.2, -0.15) is 13.2 Å². The van der Waals surface area contributed by atoms with Gasteiger partial charge in [0.2, 0.25) is 5.91 Å². The lowest BCUT2D eigenvalue weighted by molar-refractivity contribution is -0.137. The zero-order chi connectivity index (χ0) is 19.5. The number of carbonyl (C=O) groups excluding carboxylic acids is 2. The van der Waals surface area contributed by atoms with Gasteiger partial charge in [0, 0.05) is 29.6 Å². The van der Waals surface area contributed by atoms with Crippen molar-refractivity contribution in [2.45, 2.75) is 6.18 Å². The number of pyridine rings is 1. The molecule has 5 nitrogen and oxygen atoms in total. The third-order valence-corrected chi connectivity index (χ3v) is 4.00. The van der Waals surface area contributed by atoms with Gasteiger partial charge in [-0.25, -0.2) is 0 Å². The van der Waals surface area contributed by atoms with E-state index >= 15 is 0 Å². The first-order valence-electron chi connectivity index (χ1n) is 7.10. The van der Waals surface area contributed by atoms with Crippen LogP contribution in [0.1, 0.15) is 15.9 Å². The molecular weight excluding hydrogens is 439 g/mol. The summed E-state index contributed by atoms with van der Waals surface area (Å²) < 4.78 is 39.1. The number of hydrogen-bond donors (Lipinski definition) is 1. The lowest BCUT2D eigenvalue weighted by Crippen LogP contribution is -2.35. The molecule has 0 aliphatic carbocycles. The van der Waals surface area contributed by atoms with Crippen LogP contribution >= 0.6 is 27.5 Å². The quantitative estimate of drug-likeness (QED) is 0.758. The number of halogens is 5. The normalized spacial score (nSPS) is 11.2. The van der Waals surface area contributed by atoms with Gasteiger partial charge >= 0.3 is 6.18 Å². The van der Waals surface area contributed by atoms with Crippen LogP contribution in [0.15, 0.2) is 41.1 Å². The highest BCUT2D eigenvalue weighted by Gasteiger charge is 2.33. The molecule has 138 valence electrons. The number of rotatable bonds is 4. The van der Waals surface area contributed by atoms with Crippen LogP contribution in [0.25, 0.3) is 0 Å². The Kier molecular flexibility index (Phi) is 6.25. The van der Waals surface area contributed by atoms with E-state index in [1.54, 1.807) is 6.07 Å². The van der Waals surface area contributed by atoms with Gasteiger partial charge in [0.1, 0.15) is 0 Å². The molecule has 26 heavy (non-hydrogen) atoms. The summed E-state index contributed by atoms with van der Waals surface area (Å²) in [5.74, 6) is -1.11. The predicted molar refractivity (Wildman–Crippen MR) is 94.0 cm³/mol. The summed E-state index contributed by atoms with van der Waals surface area (Å²) in [6.45, 7) is -0.352. The van der Waals surface area contributed by atoms with Crippen molar-refractivity contribution in [1.29, 1.82) is 0 Å². The second kappa shape index (κ2) is 8.05. The Balaban J connectivity index is 2.05. The van der Waals surface area contributed by atoms with Gasteiger partial charge in [0.25, 0.3) is 5.91 Å². The fraction of sp³-hybridized carbons (Fsp3) is 0.188. The van der Waals surface area contributed by atoms with Crippen LogP contribution in [0.3, 0.4) is 0 Å². The third-order valence-electron chi connectivity index (χ3n) is 3.23. The van der Waals surface area contributed by atoms with Crippen molar-refractivity contribution in [3.05, 3.63) is 57.3 Å². The van der Waals surface area contributed by atoms with E-state index in [4.69, 9.17) is 11.6 Å². The summed E-state index contributed by atoms with van der Waals surface area (Å²) in [6, 6.07) is 4.57. The molecule has 2 rings (SSSR count). The molecule has 0 radical (unpaired) electrons. The molecule has 0 bridgehead atoms. The monoisotopic (exact) mass is 449 g/mol. The third kappa shape index (κ3) is 5.18. The molecule has 0 fully saturated rings. The lowest BCUT2D eigenvalue weighted by atomic mass is 10.2. The highest BCUT2D eigenvalue weighted by molar-refractivity contribution is 9.10. The van der Waals surface area contributed by atoms with E-state index in [1.807, 2.05) is 0 Å². The van der Waals surface area contributed by atoms with Crippen LogP contribution in [0, 0.1) is 0 Å². The molecule has 1 aromatic carbocycles. The Morgan fingerprint density at radius 1 is 1.27 bits per heavy atom. The van der Waals surface area contributed by atoms with Crippen LogP contribution < -0.4 is 5.32 Å². The molecule has 0 unspecified atom stereocenters. The molecule has 0 spiro atoms. The summed E-state index contributed by atoms with van der Waals surface area (Å²) in [4.78, 5) is 29.2. The Morgan fingerprint density at radius 3 is 2.58 bits per heavy atom. The fourth-order valence-electron chi connectivity index (χ4n) is 2.06. The molecule has 0 saturated carbocycles. The fourth-order valence-corrected chi connectivity index (χ4v) is 2.65. The Hall–Kier alpha value is -2.13. The zero-order valence-electron chi connectivity index (χ0n) is 13.3. The van der Waals surface area contributed by atoms with Crippen molar-refractivity contribution in [1.82, 2.24) is 9.88 Å². The molecule has 0 atom stereocenters. The molecule has 1 heterocycles. The maximum absolute atomic E-state index is 12.8. The molecule has 0 aliphatic heterocycles. The standard InChI is InChI=1S/C16H12BrClF3N3O2/c1-24(15(26)9-4-10(17)7-22-6-9)8-14(25)23-11-2-3-13(18)12(5-11)16(19,20)21/h2-7H,8H2,1H3,(H,23,25). The molecule has 10 heteroatoms. The van der Waals surface area contributed by atoms with Gasteiger partial charge in [-0.05, 0) is 40.2 Å². The number of carbonyl (C=O) groups is 2. The van der Waals surface area contributed by atoms with Crippen molar-refractivity contribution in [2.24, 2.45) is 0 Å². The molecule has 2 aromatic rings. The van der Waals surface area contributed by atoms with Crippen LogP contribution in [-0.2, 0) is 11.0 Å². The van der Waals surface area contributed by atoms with Crippen molar-refractivity contribution in [3.8, 4) is 0 Å². The summed E-state index contributed by atoms with van der Waals surface area (Å²) in [5, 5.41) is 1.85. The second-order valence-corrected chi connectivity index (χ2v) is 6.62. The van der Waals surface area contributed by atoms with Crippen LogP contribution in [0.5, 0.6) is 0 Å². The highest BCUT2D eigenvalue weighted by atomic mass is 79.9. The Labute approximate surface area is 160 Å². The van der Waals surface area contributed by atoms with Crippen molar-refractivity contribution >= 4 is 45.0 Å².